The second kappa shape index (κ2) is 35.8. The van der Waals surface area contributed by atoms with Crippen LogP contribution in [0, 0.1) is 56.3 Å². The number of hydrogen-bond donors (Lipinski definition) is 0. The van der Waals surface area contributed by atoms with E-state index < -0.39 is 0 Å². The van der Waals surface area contributed by atoms with E-state index in [9.17, 15) is 0 Å². The summed E-state index contributed by atoms with van der Waals surface area (Å²) in [6.07, 6.45) is 32.5. The summed E-state index contributed by atoms with van der Waals surface area (Å²) in [5.74, 6) is 18.7. The topological polar surface area (TPSA) is 53.6 Å². The number of fused-ring (bicyclic) bond motifs is 3. The molecule has 0 aliphatic carbocycles. The molecule has 2 unspecified atom stereocenters. The summed E-state index contributed by atoms with van der Waals surface area (Å²) < 4.78 is 28.1. The Morgan fingerprint density at radius 1 is 0.407 bits per heavy atom. The van der Waals surface area contributed by atoms with Crippen molar-refractivity contribution in [2.75, 3.05) is 13.2 Å². The fourth-order valence-corrected chi connectivity index (χ4v) is 17.9. The Labute approximate surface area is 648 Å². The van der Waals surface area contributed by atoms with Crippen LogP contribution >= 0.6 is 11.7 Å². The maximum atomic E-state index is 6.78. The van der Waals surface area contributed by atoms with Crippen molar-refractivity contribution in [3.05, 3.63) is 209 Å². The van der Waals surface area contributed by atoms with Gasteiger partial charge >= 0.3 is 0 Å². The van der Waals surface area contributed by atoms with E-state index in [2.05, 4.69) is 259 Å². The van der Waals surface area contributed by atoms with Crippen LogP contribution in [0.1, 0.15) is 240 Å². The predicted octanol–water partition coefficient (Wildman–Crippen LogP) is 28.8. The second-order valence-electron chi connectivity index (χ2n) is 31.3. The largest absolute Gasteiger partial charge is 0.494 e. The summed E-state index contributed by atoms with van der Waals surface area (Å²) in [7, 11) is 0. The van der Waals surface area contributed by atoms with Crippen molar-refractivity contribution in [3.8, 4) is 79.7 Å². The molecule has 7 heteroatoms. The first-order valence-electron chi connectivity index (χ1n) is 41.7. The number of nitrogens with zero attached hydrogens (tertiary/aromatic N) is 4. The molecule has 0 fully saturated rings. The number of rotatable bonds is 36. The van der Waals surface area contributed by atoms with Crippen molar-refractivity contribution in [1.29, 1.82) is 0 Å². The van der Waals surface area contributed by atoms with E-state index in [-0.39, 0.29) is 0 Å². The molecule has 10 aromatic carbocycles. The van der Waals surface area contributed by atoms with Gasteiger partial charge in [0.1, 0.15) is 28.2 Å². The molecule has 108 heavy (non-hydrogen) atoms. The molecule has 14 aromatic rings. The van der Waals surface area contributed by atoms with Gasteiger partial charge in [0.25, 0.3) is 0 Å². The van der Waals surface area contributed by atoms with Crippen molar-refractivity contribution in [1.82, 2.24) is 17.7 Å². The number of pyridine rings is 1. The first kappa shape index (κ1) is 75.4. The van der Waals surface area contributed by atoms with Crippen molar-refractivity contribution in [3.63, 3.8) is 0 Å². The zero-order chi connectivity index (χ0) is 74.5. The minimum Gasteiger partial charge on any atom is -0.494 e. The van der Waals surface area contributed by atoms with Crippen LogP contribution < -0.4 is 9.47 Å². The van der Waals surface area contributed by atoms with Crippen LogP contribution in [0.15, 0.2) is 164 Å². The van der Waals surface area contributed by atoms with Gasteiger partial charge in [0.2, 0.25) is 0 Å². The summed E-state index contributed by atoms with van der Waals surface area (Å²) in [5, 5.41) is 10.2. The van der Waals surface area contributed by atoms with Gasteiger partial charge in [-0.2, -0.15) is 8.75 Å². The molecule has 0 N–H and O–H groups in total. The second-order valence-corrected chi connectivity index (χ2v) is 31.9. The lowest BCUT2D eigenvalue weighted by Gasteiger charge is -2.20. The third kappa shape index (κ3) is 16.3. The molecular formula is C101H112N4O2S. The minimum atomic E-state index is 0.492. The van der Waals surface area contributed by atoms with Crippen molar-refractivity contribution < 1.29 is 9.47 Å². The highest BCUT2D eigenvalue weighted by Crippen LogP contribution is 2.49. The molecular weight excluding hydrogens is 1330 g/mol. The zero-order valence-corrected chi connectivity index (χ0v) is 66.9. The molecule has 4 aromatic heterocycles. The van der Waals surface area contributed by atoms with Gasteiger partial charge in [0.05, 0.1) is 47.1 Å². The van der Waals surface area contributed by atoms with Gasteiger partial charge in [-0.3, -0.25) is 0 Å². The standard InChI is InChI=1S/C101H112N4O2S/c1-10-16-21-25-26-28-35-73(34-27-22-17-11-2)68-105-92-66-78(50-49-77-51-55-86(101-100(77)102-108-103-101)75-43-40-69(7)41-44-75)84-36-31-38-87-88-39-32-37-85-79(67-93(105)99(97(85)88)98(92)96(84)87)52-57-90-95(76-47-45-74(46-48-76)82-56-53-81(63-71(82)9)106-60-29-23-18-12-3)89(64-72(15-6)33-20-14-5)91-65-80(58-59-104(90)91)83-54-42-70(8)62-94(83)107-61-30-24-19-13-4/h31-32,36-48,51,53-56,58-59,62-63,65-67,72-73H,10-30,33-35,60-61,64,68H2,1-9H3. The molecule has 0 aliphatic heterocycles. The number of unbranched alkanes of at least 4 members (excludes halogenated alkanes) is 15. The quantitative estimate of drug-likeness (QED) is 0.0170. The molecule has 0 radical (unpaired) electrons. The Morgan fingerprint density at radius 2 is 0.944 bits per heavy atom. The van der Waals surface area contributed by atoms with Crippen LogP contribution in [0.2, 0.25) is 0 Å². The predicted molar refractivity (Wildman–Crippen MR) is 464 cm³/mol. The van der Waals surface area contributed by atoms with Gasteiger partial charge < -0.3 is 18.4 Å². The molecule has 0 spiro atoms. The van der Waals surface area contributed by atoms with Gasteiger partial charge in [-0.15, -0.1) is 0 Å². The molecule has 0 amide bonds. The molecule has 0 saturated carbocycles. The molecule has 0 bridgehead atoms. The number of ether oxygens (including phenoxy) is 2. The molecule has 4 heterocycles. The molecule has 554 valence electrons. The van der Waals surface area contributed by atoms with E-state index in [4.69, 9.17) is 18.2 Å². The molecule has 2 atom stereocenters. The lowest BCUT2D eigenvalue weighted by Crippen LogP contribution is -2.11. The summed E-state index contributed by atoms with van der Waals surface area (Å²) in [4.78, 5) is 0. The normalized spacial score (nSPS) is 12.4. The van der Waals surface area contributed by atoms with Gasteiger partial charge in [0.15, 0.2) is 0 Å². The smallest absolute Gasteiger partial charge is 0.127 e. The van der Waals surface area contributed by atoms with Crippen LogP contribution in [-0.4, -0.2) is 30.9 Å². The van der Waals surface area contributed by atoms with Crippen LogP contribution in [0.4, 0.5) is 0 Å². The van der Waals surface area contributed by atoms with Crippen LogP contribution in [0.25, 0.3) is 115 Å². The summed E-state index contributed by atoms with van der Waals surface area (Å²) in [6, 6.07) is 59.6. The Morgan fingerprint density at radius 3 is 1.60 bits per heavy atom. The van der Waals surface area contributed by atoms with Crippen LogP contribution in [0.3, 0.4) is 0 Å². The molecule has 0 saturated heterocycles. The number of aryl methyl sites for hydroxylation is 3. The van der Waals surface area contributed by atoms with Crippen LogP contribution in [-0.2, 0) is 13.0 Å². The third-order valence-corrected chi connectivity index (χ3v) is 24.0. The van der Waals surface area contributed by atoms with Crippen molar-refractivity contribution >= 4 is 82.4 Å². The van der Waals surface area contributed by atoms with Crippen LogP contribution in [0.5, 0.6) is 11.5 Å². The molecule has 0 aliphatic rings. The SMILES string of the molecule is CCCCCCCCC(CCCCCC)Cn1c2cc(C#Cc3ccc(-c4ccc(C)cc4)c4nsnc34)c3cccc4c5cccc6c(C#Cc7c(-c8ccc(-c9ccc(OCCCCCC)cc9C)cc8)c(CC(CC)CCCC)c8cc(-c9ccc(C)cc9OCCCCCC)ccn78)cc1c(c65)c2c34. The Bertz CT molecular complexity index is 5510. The average Bonchev–Trinajstić information content (AvgIpc) is 1.45. The van der Waals surface area contributed by atoms with E-state index in [1.165, 1.54) is 251 Å². The van der Waals surface area contributed by atoms with Crippen molar-refractivity contribution in [2.24, 2.45) is 11.8 Å². The number of hydrogen-bond acceptors (Lipinski definition) is 5. The monoisotopic (exact) mass is 1440 g/mol. The summed E-state index contributed by atoms with van der Waals surface area (Å²) >= 11 is 1.27. The van der Waals surface area contributed by atoms with Crippen molar-refractivity contribution in [2.45, 2.75) is 229 Å². The van der Waals surface area contributed by atoms with Gasteiger partial charge in [-0.05, 0) is 185 Å². The van der Waals surface area contributed by atoms with Gasteiger partial charge in [-0.1, -0.05) is 302 Å². The maximum Gasteiger partial charge on any atom is 0.127 e. The Kier molecular flexibility index (Phi) is 25.0. The Balaban J connectivity index is 0.972. The lowest BCUT2D eigenvalue weighted by atomic mass is 9.87. The van der Waals surface area contributed by atoms with E-state index in [0.29, 0.717) is 18.4 Å². The van der Waals surface area contributed by atoms with Gasteiger partial charge in [0, 0.05) is 62.1 Å². The first-order chi connectivity index (χ1) is 53.1. The first-order valence-corrected chi connectivity index (χ1v) is 42.4. The number of benzene rings is 10. The fourth-order valence-electron chi connectivity index (χ4n) is 17.3. The highest BCUT2D eigenvalue weighted by Gasteiger charge is 2.28. The lowest BCUT2D eigenvalue weighted by molar-refractivity contribution is 0.305. The highest BCUT2D eigenvalue weighted by molar-refractivity contribution is 7.00. The summed E-state index contributed by atoms with van der Waals surface area (Å²) in [6.45, 7) is 22.9. The molecule has 6 nitrogen and oxygen atoms in total. The zero-order valence-electron chi connectivity index (χ0n) is 66.1. The molecule has 14 rings (SSSR count). The Hall–Kier alpha value is -9.40. The highest BCUT2D eigenvalue weighted by atomic mass is 32.1. The van der Waals surface area contributed by atoms with E-state index in [1.807, 2.05) is 0 Å². The maximum absolute atomic E-state index is 6.78. The third-order valence-electron chi connectivity index (χ3n) is 23.4. The summed E-state index contributed by atoms with van der Waals surface area (Å²) in [5.41, 5.74) is 23.8. The van der Waals surface area contributed by atoms with Gasteiger partial charge in [-0.25, -0.2) is 0 Å². The van der Waals surface area contributed by atoms with E-state index in [1.54, 1.807) is 0 Å². The number of aromatic nitrogens is 4. The van der Waals surface area contributed by atoms with E-state index >= 15 is 0 Å². The van der Waals surface area contributed by atoms with E-state index in [0.717, 1.165) is 106 Å². The fraction of sp³-hybridized carbons (Fsp3) is 0.386. The minimum absolute atomic E-state index is 0.492. The average molecular weight is 1450 g/mol.